The molecule has 1 fully saturated rings. The van der Waals surface area contributed by atoms with Gasteiger partial charge < -0.3 is 15.4 Å². The normalized spacial score (nSPS) is 16.1. The molecule has 5 heteroatoms. The summed E-state index contributed by atoms with van der Waals surface area (Å²) in [6.45, 7) is 2.32. The number of ether oxygens (including phenoxy) is 1. The fourth-order valence-electron chi connectivity index (χ4n) is 1.81. The average Bonchev–Trinajstić information content (AvgIpc) is 2.77. The number of carbonyl (C=O) groups excluding carboxylic acids is 2. The highest BCUT2D eigenvalue weighted by molar-refractivity contribution is 5.83. The molecule has 1 amide bonds. The summed E-state index contributed by atoms with van der Waals surface area (Å²) in [7, 11) is 0. The van der Waals surface area contributed by atoms with Crippen LogP contribution in [0.2, 0.25) is 0 Å². The zero-order valence-corrected chi connectivity index (χ0v) is 9.75. The highest BCUT2D eigenvalue weighted by Crippen LogP contribution is 2.16. The Labute approximate surface area is 95.9 Å². The fourth-order valence-corrected chi connectivity index (χ4v) is 1.81. The minimum absolute atomic E-state index is 0.0426. The Hall–Kier alpha value is -1.10. The molecule has 0 bridgehead atoms. The predicted molar refractivity (Wildman–Crippen MR) is 59.9 cm³/mol. The minimum atomic E-state index is -0.392. The van der Waals surface area contributed by atoms with Crippen LogP contribution in [0.25, 0.3) is 0 Å². The number of nitrogens with one attached hydrogen (secondary N) is 2. The lowest BCUT2D eigenvalue weighted by Gasteiger charge is -2.11. The van der Waals surface area contributed by atoms with Crippen LogP contribution >= 0.6 is 0 Å². The molecule has 0 atom stereocenters. The summed E-state index contributed by atoms with van der Waals surface area (Å²) in [5, 5.41) is 5.69. The van der Waals surface area contributed by atoms with Crippen molar-refractivity contribution in [1.29, 1.82) is 0 Å². The van der Waals surface area contributed by atoms with Crippen molar-refractivity contribution < 1.29 is 14.3 Å². The largest absolute Gasteiger partial charge is 0.465 e. The van der Waals surface area contributed by atoms with E-state index >= 15 is 0 Å². The molecule has 1 rings (SSSR count). The maximum absolute atomic E-state index is 11.3. The van der Waals surface area contributed by atoms with E-state index in [2.05, 4.69) is 10.6 Å². The minimum Gasteiger partial charge on any atom is -0.465 e. The molecule has 1 aliphatic rings. The standard InChI is InChI=1S/C11H20N2O3/c1-2-16-11(15)8-13-10(14)7-12-9-5-3-4-6-9/h9,12H,2-8H2,1H3,(H,13,14). The topological polar surface area (TPSA) is 67.4 Å². The van der Waals surface area contributed by atoms with Gasteiger partial charge in [-0.15, -0.1) is 0 Å². The van der Waals surface area contributed by atoms with Crippen molar-refractivity contribution in [2.45, 2.75) is 38.6 Å². The highest BCUT2D eigenvalue weighted by atomic mass is 16.5. The molecule has 1 aliphatic carbocycles. The van der Waals surface area contributed by atoms with E-state index in [1.807, 2.05) is 0 Å². The molecule has 92 valence electrons. The average molecular weight is 228 g/mol. The lowest BCUT2D eigenvalue weighted by molar-refractivity contribution is -0.143. The second kappa shape index (κ2) is 7.22. The van der Waals surface area contributed by atoms with Crippen LogP contribution in [-0.2, 0) is 14.3 Å². The van der Waals surface area contributed by atoms with Crippen LogP contribution in [0, 0.1) is 0 Å². The SMILES string of the molecule is CCOC(=O)CNC(=O)CNC1CCCC1. The van der Waals surface area contributed by atoms with E-state index in [9.17, 15) is 9.59 Å². The zero-order valence-electron chi connectivity index (χ0n) is 9.75. The van der Waals surface area contributed by atoms with Crippen LogP contribution in [-0.4, -0.2) is 37.6 Å². The summed E-state index contributed by atoms with van der Waals surface area (Å²) in [5.74, 6) is -0.545. The van der Waals surface area contributed by atoms with Crippen molar-refractivity contribution in [2.24, 2.45) is 0 Å². The molecule has 2 N–H and O–H groups in total. The van der Waals surface area contributed by atoms with Crippen LogP contribution < -0.4 is 10.6 Å². The molecular weight excluding hydrogens is 208 g/mol. The van der Waals surface area contributed by atoms with E-state index in [1.54, 1.807) is 6.92 Å². The second-order valence-corrected chi connectivity index (χ2v) is 3.94. The van der Waals surface area contributed by atoms with Gasteiger partial charge in [-0.3, -0.25) is 9.59 Å². The van der Waals surface area contributed by atoms with Gasteiger partial charge in [0, 0.05) is 6.04 Å². The smallest absolute Gasteiger partial charge is 0.325 e. The van der Waals surface area contributed by atoms with Gasteiger partial charge >= 0.3 is 5.97 Å². The Balaban J connectivity index is 2.04. The molecular formula is C11H20N2O3. The number of hydrogen-bond donors (Lipinski definition) is 2. The van der Waals surface area contributed by atoms with Gasteiger partial charge in [0.05, 0.1) is 13.2 Å². The predicted octanol–water partition coefficient (Wildman–Crippen LogP) is 0.198. The summed E-state index contributed by atoms with van der Waals surface area (Å²) >= 11 is 0. The first-order valence-electron chi connectivity index (χ1n) is 5.88. The van der Waals surface area contributed by atoms with E-state index < -0.39 is 5.97 Å². The molecule has 0 aromatic carbocycles. The molecule has 16 heavy (non-hydrogen) atoms. The van der Waals surface area contributed by atoms with Crippen molar-refractivity contribution in [3.63, 3.8) is 0 Å². The van der Waals surface area contributed by atoms with Crippen LogP contribution in [0.15, 0.2) is 0 Å². The Bertz CT molecular complexity index is 237. The molecule has 0 aromatic heterocycles. The first-order valence-corrected chi connectivity index (χ1v) is 5.88. The second-order valence-electron chi connectivity index (χ2n) is 3.94. The van der Waals surface area contributed by atoms with Crippen molar-refractivity contribution in [3.05, 3.63) is 0 Å². The van der Waals surface area contributed by atoms with Gasteiger partial charge in [-0.25, -0.2) is 0 Å². The molecule has 0 unspecified atom stereocenters. The maximum Gasteiger partial charge on any atom is 0.325 e. The van der Waals surface area contributed by atoms with Crippen LogP contribution in [0.3, 0.4) is 0 Å². The molecule has 5 nitrogen and oxygen atoms in total. The summed E-state index contributed by atoms with van der Waals surface area (Å²) in [5.41, 5.74) is 0. The first kappa shape index (κ1) is 13.0. The monoisotopic (exact) mass is 228 g/mol. The Morgan fingerprint density at radius 3 is 2.56 bits per heavy atom. The first-order chi connectivity index (χ1) is 7.72. The molecule has 0 spiro atoms. The van der Waals surface area contributed by atoms with E-state index in [-0.39, 0.29) is 19.0 Å². The Morgan fingerprint density at radius 2 is 1.94 bits per heavy atom. The zero-order chi connectivity index (χ0) is 11.8. The van der Waals surface area contributed by atoms with Gasteiger partial charge in [0.1, 0.15) is 6.54 Å². The van der Waals surface area contributed by atoms with Crippen LogP contribution in [0.1, 0.15) is 32.6 Å². The van der Waals surface area contributed by atoms with Gasteiger partial charge in [0.2, 0.25) is 5.91 Å². The van der Waals surface area contributed by atoms with Gasteiger partial charge in [-0.05, 0) is 19.8 Å². The van der Waals surface area contributed by atoms with E-state index in [4.69, 9.17) is 4.74 Å². The van der Waals surface area contributed by atoms with Gasteiger partial charge in [-0.2, -0.15) is 0 Å². The number of amides is 1. The van der Waals surface area contributed by atoms with Crippen molar-refractivity contribution >= 4 is 11.9 Å². The van der Waals surface area contributed by atoms with Crippen molar-refractivity contribution in [3.8, 4) is 0 Å². The Kier molecular flexibility index (Phi) is 5.85. The maximum atomic E-state index is 11.3. The van der Waals surface area contributed by atoms with E-state index in [1.165, 1.54) is 12.8 Å². The van der Waals surface area contributed by atoms with Crippen molar-refractivity contribution in [1.82, 2.24) is 10.6 Å². The summed E-state index contributed by atoms with van der Waals surface area (Å²) in [4.78, 5) is 22.3. The lowest BCUT2D eigenvalue weighted by Crippen LogP contribution is -2.40. The summed E-state index contributed by atoms with van der Waals surface area (Å²) < 4.78 is 4.70. The van der Waals surface area contributed by atoms with Crippen LogP contribution in [0.5, 0.6) is 0 Å². The highest BCUT2D eigenvalue weighted by Gasteiger charge is 2.15. The van der Waals surface area contributed by atoms with Gasteiger partial charge in [-0.1, -0.05) is 12.8 Å². The van der Waals surface area contributed by atoms with Gasteiger partial charge in [0.25, 0.3) is 0 Å². The molecule has 1 saturated carbocycles. The summed E-state index contributed by atoms with van der Waals surface area (Å²) in [6.07, 6.45) is 4.76. The summed E-state index contributed by atoms with van der Waals surface area (Å²) in [6, 6.07) is 0.466. The third kappa shape index (κ3) is 5.11. The quantitative estimate of drug-likeness (QED) is 0.637. The van der Waals surface area contributed by atoms with Gasteiger partial charge in [0.15, 0.2) is 0 Å². The van der Waals surface area contributed by atoms with Crippen molar-refractivity contribution in [2.75, 3.05) is 19.7 Å². The molecule has 0 aromatic rings. The third-order valence-electron chi connectivity index (χ3n) is 2.64. The fraction of sp³-hybridized carbons (Fsp3) is 0.818. The third-order valence-corrected chi connectivity index (χ3v) is 2.64. The molecule has 0 heterocycles. The molecule has 0 aliphatic heterocycles. The van der Waals surface area contributed by atoms with E-state index in [0.29, 0.717) is 12.6 Å². The number of rotatable bonds is 6. The Morgan fingerprint density at radius 1 is 1.25 bits per heavy atom. The number of hydrogen-bond acceptors (Lipinski definition) is 4. The number of esters is 1. The van der Waals surface area contributed by atoms with Crippen LogP contribution in [0.4, 0.5) is 0 Å². The van der Waals surface area contributed by atoms with E-state index in [0.717, 1.165) is 12.8 Å². The molecule has 0 saturated heterocycles. The number of carbonyl (C=O) groups is 2. The lowest BCUT2D eigenvalue weighted by atomic mass is 10.2. The molecule has 0 radical (unpaired) electrons.